The predicted octanol–water partition coefficient (Wildman–Crippen LogP) is 4.35. The Labute approximate surface area is 148 Å². The Morgan fingerprint density at radius 2 is 1.04 bits per heavy atom. The first-order chi connectivity index (χ1) is 11.0. The fraction of sp³-hybridized carbons (Fsp3) is 0.250. The van der Waals surface area contributed by atoms with Crippen LogP contribution in [0, 0.1) is 0 Å². The summed E-state index contributed by atoms with van der Waals surface area (Å²) in [7, 11) is 0. The Morgan fingerprint density at radius 3 is 1.35 bits per heavy atom. The molecular weight excluding hydrogens is 366 g/mol. The van der Waals surface area contributed by atoms with Gasteiger partial charge in [-0.05, 0) is 61.7 Å². The van der Waals surface area contributed by atoms with Crippen molar-refractivity contribution in [3.05, 3.63) is 60.7 Å². The summed E-state index contributed by atoms with van der Waals surface area (Å²) in [4.78, 5) is 0. The summed E-state index contributed by atoms with van der Waals surface area (Å²) < 4.78 is 18.0. The van der Waals surface area contributed by atoms with Crippen molar-refractivity contribution in [2.45, 2.75) is 13.8 Å². The lowest BCUT2D eigenvalue weighted by Crippen LogP contribution is -2.14. The molecule has 0 amide bonds. The Bertz CT molecular complexity index is 646. The van der Waals surface area contributed by atoms with Crippen molar-refractivity contribution in [1.29, 1.82) is 0 Å². The van der Waals surface area contributed by atoms with Gasteiger partial charge in [0.2, 0.25) is 13.0 Å². The maximum atomic E-state index is 6.29. The average Bonchev–Trinajstić information content (AvgIpc) is 2.57. The Balaban J connectivity index is 2.44. The van der Waals surface area contributed by atoms with Crippen LogP contribution in [0.5, 0.6) is 0 Å². The van der Waals surface area contributed by atoms with Gasteiger partial charge in [0.1, 0.15) is 0 Å². The second kappa shape index (κ2) is 8.64. The quantitative estimate of drug-likeness (QED) is 0.629. The number of rotatable bonds is 8. The first-order valence-electron chi connectivity index (χ1n) is 7.36. The first-order valence-corrected chi connectivity index (χ1v) is 12.6. The molecule has 7 heteroatoms. The molecule has 0 saturated heterocycles. The minimum absolute atomic E-state index is 0.461. The molecule has 0 heterocycles. The van der Waals surface area contributed by atoms with Crippen molar-refractivity contribution < 1.29 is 13.4 Å². The van der Waals surface area contributed by atoms with Crippen LogP contribution in [0.1, 0.15) is 13.8 Å². The second-order valence-electron chi connectivity index (χ2n) is 4.58. The lowest BCUT2D eigenvalue weighted by atomic mass is 10.4. The van der Waals surface area contributed by atoms with Crippen molar-refractivity contribution in [2.24, 2.45) is 0 Å². The average molecular weight is 386 g/mol. The van der Waals surface area contributed by atoms with Gasteiger partial charge in [0, 0.05) is 10.6 Å². The van der Waals surface area contributed by atoms with E-state index in [1.165, 1.54) is 0 Å². The van der Waals surface area contributed by atoms with Crippen LogP contribution in [0.3, 0.4) is 0 Å². The normalized spacial score (nSPS) is 16.4. The molecule has 2 aromatic rings. The number of benzene rings is 2. The molecule has 0 saturated carbocycles. The third-order valence-corrected chi connectivity index (χ3v) is 10.8. The predicted molar refractivity (Wildman–Crippen MR) is 105 cm³/mol. The lowest BCUT2D eigenvalue weighted by Gasteiger charge is -2.29. The van der Waals surface area contributed by atoms with Crippen LogP contribution in [-0.2, 0) is 37.0 Å². The van der Waals surface area contributed by atoms with E-state index in [1.807, 2.05) is 74.5 Å². The van der Waals surface area contributed by atoms with E-state index in [1.54, 1.807) is 0 Å². The van der Waals surface area contributed by atoms with Crippen LogP contribution in [-0.4, -0.2) is 13.2 Å². The molecule has 2 aromatic carbocycles. The van der Waals surface area contributed by atoms with E-state index in [-0.39, 0.29) is 0 Å². The van der Waals surface area contributed by atoms with Crippen LogP contribution in [0.15, 0.2) is 60.7 Å². The van der Waals surface area contributed by atoms with E-state index < -0.39 is 13.0 Å². The highest BCUT2D eigenvalue weighted by molar-refractivity contribution is 8.21. The summed E-state index contributed by atoms with van der Waals surface area (Å²) in [5.74, 6) is 0. The smallest absolute Gasteiger partial charge is 0.225 e. The van der Waals surface area contributed by atoms with E-state index in [0.717, 1.165) is 10.6 Å². The third-order valence-electron chi connectivity index (χ3n) is 2.96. The molecule has 0 aromatic heterocycles. The minimum atomic E-state index is -2.73. The maximum absolute atomic E-state index is 6.29. The molecule has 2 unspecified atom stereocenters. The standard InChI is InChI=1S/C16H20O3P2S2/c1-3-17-20(22,15-11-7-5-8-12-15)19-21(23,18-4-2)16-13-9-6-10-14-16/h5-14H,3-4H2,1-2H3. The first kappa shape index (κ1) is 19.0. The topological polar surface area (TPSA) is 27.7 Å². The molecule has 2 atom stereocenters. The molecule has 0 aliphatic heterocycles. The van der Waals surface area contributed by atoms with Gasteiger partial charge in [-0.2, -0.15) is 0 Å². The van der Waals surface area contributed by atoms with E-state index in [2.05, 4.69) is 0 Å². The van der Waals surface area contributed by atoms with Gasteiger partial charge >= 0.3 is 0 Å². The Hall–Kier alpha value is -0.380. The van der Waals surface area contributed by atoms with Crippen LogP contribution >= 0.6 is 13.0 Å². The summed E-state index contributed by atoms with van der Waals surface area (Å²) in [6.45, 7) is -0.743. The molecule has 124 valence electrons. The van der Waals surface area contributed by atoms with Crippen LogP contribution in [0.25, 0.3) is 0 Å². The van der Waals surface area contributed by atoms with Gasteiger partial charge in [0.05, 0.1) is 13.2 Å². The summed E-state index contributed by atoms with van der Waals surface area (Å²) in [5, 5.41) is 1.70. The third kappa shape index (κ3) is 4.80. The van der Waals surface area contributed by atoms with Crippen LogP contribution in [0.4, 0.5) is 0 Å². The van der Waals surface area contributed by atoms with Gasteiger partial charge in [-0.15, -0.1) is 0 Å². The molecule has 0 aliphatic rings. The zero-order valence-corrected chi connectivity index (χ0v) is 16.5. The molecule has 3 nitrogen and oxygen atoms in total. The van der Waals surface area contributed by atoms with Crippen molar-refractivity contribution in [3.63, 3.8) is 0 Å². The fourth-order valence-electron chi connectivity index (χ4n) is 1.99. The monoisotopic (exact) mass is 386 g/mol. The molecule has 0 N–H and O–H groups in total. The van der Waals surface area contributed by atoms with Crippen LogP contribution in [0.2, 0.25) is 0 Å². The highest BCUT2D eigenvalue weighted by Crippen LogP contribution is 2.63. The van der Waals surface area contributed by atoms with Gasteiger partial charge in [0.25, 0.3) is 0 Å². The summed E-state index contributed by atoms with van der Waals surface area (Å²) >= 11 is 11.6. The Kier molecular flexibility index (Phi) is 7.12. The lowest BCUT2D eigenvalue weighted by molar-refractivity contribution is 0.310. The van der Waals surface area contributed by atoms with E-state index in [0.29, 0.717) is 13.2 Å². The molecular formula is C16H20O3P2S2. The maximum Gasteiger partial charge on any atom is 0.225 e. The van der Waals surface area contributed by atoms with Crippen molar-refractivity contribution in [1.82, 2.24) is 0 Å². The minimum Gasteiger partial charge on any atom is -0.326 e. The summed E-state index contributed by atoms with van der Waals surface area (Å²) in [6.07, 6.45) is 0. The van der Waals surface area contributed by atoms with Gasteiger partial charge in [-0.1, -0.05) is 36.4 Å². The SMILES string of the molecule is CCOP(=S)(OP(=S)(OCC)c1ccccc1)c1ccccc1. The largest absolute Gasteiger partial charge is 0.326 e. The molecule has 0 bridgehead atoms. The number of hydrogen-bond donors (Lipinski definition) is 0. The fourth-order valence-corrected chi connectivity index (χ4v) is 9.74. The van der Waals surface area contributed by atoms with Gasteiger partial charge < -0.3 is 9.05 Å². The van der Waals surface area contributed by atoms with E-state index >= 15 is 0 Å². The van der Waals surface area contributed by atoms with Gasteiger partial charge in [0.15, 0.2) is 0 Å². The zero-order chi connectivity index (χ0) is 16.8. The van der Waals surface area contributed by atoms with E-state index in [9.17, 15) is 0 Å². The molecule has 0 aliphatic carbocycles. The number of hydrogen-bond acceptors (Lipinski definition) is 5. The highest BCUT2D eigenvalue weighted by atomic mass is 32.5. The molecule has 23 heavy (non-hydrogen) atoms. The van der Waals surface area contributed by atoms with Crippen molar-refractivity contribution in [3.8, 4) is 0 Å². The van der Waals surface area contributed by atoms with Crippen molar-refractivity contribution in [2.75, 3.05) is 13.2 Å². The van der Waals surface area contributed by atoms with Gasteiger partial charge in [-0.25, -0.2) is 0 Å². The van der Waals surface area contributed by atoms with Gasteiger partial charge in [-0.3, -0.25) is 4.31 Å². The Morgan fingerprint density at radius 1 is 0.696 bits per heavy atom. The molecule has 0 fully saturated rings. The van der Waals surface area contributed by atoms with Crippen LogP contribution < -0.4 is 10.6 Å². The van der Waals surface area contributed by atoms with E-state index in [4.69, 9.17) is 37.0 Å². The summed E-state index contributed by atoms with van der Waals surface area (Å²) in [5.41, 5.74) is 0. The highest BCUT2D eigenvalue weighted by Gasteiger charge is 2.32. The van der Waals surface area contributed by atoms with Crippen molar-refractivity contribution >= 4 is 47.2 Å². The zero-order valence-electron chi connectivity index (χ0n) is 13.1. The molecule has 2 rings (SSSR count). The summed E-state index contributed by atoms with van der Waals surface area (Å²) in [6, 6.07) is 19.3. The molecule has 0 spiro atoms. The second-order valence-corrected chi connectivity index (χ2v) is 11.7. The molecule has 0 radical (unpaired) electrons.